The fraction of sp³-hybridized carbons (Fsp3) is 0.296. The SMILES string of the molecule is CCOc1ccc([C@@H]2C(C(=O)OC(C)C)=C(C)N=c3s/c(=C/c4cc(Br)ccc4OC)c(=O)n32)cc1. The van der Waals surface area contributed by atoms with Crippen molar-refractivity contribution in [3.05, 3.63) is 89.0 Å². The summed E-state index contributed by atoms with van der Waals surface area (Å²) >= 11 is 4.75. The van der Waals surface area contributed by atoms with Crippen molar-refractivity contribution in [2.24, 2.45) is 4.99 Å². The van der Waals surface area contributed by atoms with Crippen LogP contribution in [-0.4, -0.2) is 30.4 Å². The molecule has 1 aromatic heterocycles. The van der Waals surface area contributed by atoms with Crippen LogP contribution in [0.1, 0.15) is 44.9 Å². The van der Waals surface area contributed by atoms with Crippen LogP contribution < -0.4 is 24.4 Å². The maximum absolute atomic E-state index is 13.8. The molecule has 188 valence electrons. The standard InChI is InChI=1S/C27H27BrN2O5S/c1-6-34-20-10-7-17(8-11-20)24-23(26(32)35-15(2)3)16(4)29-27-30(24)25(31)22(36-27)14-18-13-19(28)9-12-21(18)33-5/h7-15,24H,6H2,1-5H3/b22-14+/t24-/m1/s1. The van der Waals surface area contributed by atoms with Gasteiger partial charge in [-0.15, -0.1) is 0 Å². The van der Waals surface area contributed by atoms with Crippen molar-refractivity contribution >= 4 is 39.3 Å². The van der Waals surface area contributed by atoms with Gasteiger partial charge in [-0.1, -0.05) is 39.4 Å². The summed E-state index contributed by atoms with van der Waals surface area (Å²) in [6.45, 7) is 7.81. The molecule has 0 unspecified atom stereocenters. The average Bonchev–Trinajstić information content (AvgIpc) is 3.13. The van der Waals surface area contributed by atoms with E-state index in [4.69, 9.17) is 14.2 Å². The van der Waals surface area contributed by atoms with Crippen molar-refractivity contribution in [3.8, 4) is 11.5 Å². The minimum atomic E-state index is -0.685. The lowest BCUT2D eigenvalue weighted by molar-refractivity contribution is -0.143. The number of carbonyl (C=O) groups is 1. The number of thiazole rings is 1. The second-order valence-corrected chi connectivity index (χ2v) is 10.3. The number of rotatable bonds is 7. The molecule has 0 aliphatic carbocycles. The van der Waals surface area contributed by atoms with E-state index in [1.165, 1.54) is 11.3 Å². The van der Waals surface area contributed by atoms with Gasteiger partial charge >= 0.3 is 5.97 Å². The molecule has 1 aliphatic rings. The first-order valence-corrected chi connectivity index (χ1v) is 13.1. The highest BCUT2D eigenvalue weighted by atomic mass is 79.9. The number of halogens is 1. The molecule has 9 heteroatoms. The van der Waals surface area contributed by atoms with E-state index < -0.39 is 12.0 Å². The Morgan fingerprint density at radius 3 is 2.58 bits per heavy atom. The zero-order valence-electron chi connectivity index (χ0n) is 20.7. The van der Waals surface area contributed by atoms with Crippen molar-refractivity contribution in [1.29, 1.82) is 0 Å². The number of methoxy groups -OCH3 is 1. The number of benzene rings is 2. The lowest BCUT2D eigenvalue weighted by Gasteiger charge is -2.25. The van der Waals surface area contributed by atoms with Crippen LogP contribution in [0.15, 0.2) is 68.0 Å². The van der Waals surface area contributed by atoms with Gasteiger partial charge in [-0.25, -0.2) is 9.79 Å². The maximum atomic E-state index is 13.8. The molecule has 2 heterocycles. The van der Waals surface area contributed by atoms with E-state index >= 15 is 0 Å². The van der Waals surface area contributed by atoms with Gasteiger partial charge in [0.1, 0.15) is 11.5 Å². The summed E-state index contributed by atoms with van der Waals surface area (Å²) in [6.07, 6.45) is 1.47. The number of aromatic nitrogens is 1. The summed E-state index contributed by atoms with van der Waals surface area (Å²) in [5, 5.41) is 0. The van der Waals surface area contributed by atoms with Crippen LogP contribution >= 0.6 is 27.3 Å². The van der Waals surface area contributed by atoms with Gasteiger partial charge < -0.3 is 14.2 Å². The summed E-state index contributed by atoms with van der Waals surface area (Å²) in [5.74, 6) is 0.861. The molecule has 7 nitrogen and oxygen atoms in total. The monoisotopic (exact) mass is 570 g/mol. The van der Waals surface area contributed by atoms with Gasteiger partial charge in [0.05, 0.1) is 41.7 Å². The zero-order chi connectivity index (χ0) is 26.0. The fourth-order valence-corrected chi connectivity index (χ4v) is 5.46. The molecular formula is C27H27BrN2O5S. The molecule has 0 bridgehead atoms. The van der Waals surface area contributed by atoms with E-state index in [9.17, 15) is 9.59 Å². The van der Waals surface area contributed by atoms with E-state index in [-0.39, 0.29) is 11.7 Å². The van der Waals surface area contributed by atoms with Crippen LogP contribution in [0, 0.1) is 0 Å². The molecule has 2 aromatic carbocycles. The number of fused-ring (bicyclic) bond motifs is 1. The summed E-state index contributed by atoms with van der Waals surface area (Å²) in [7, 11) is 1.59. The van der Waals surface area contributed by atoms with E-state index in [1.807, 2.05) is 49.4 Å². The predicted molar refractivity (Wildman–Crippen MR) is 143 cm³/mol. The summed E-state index contributed by atoms with van der Waals surface area (Å²) < 4.78 is 19.5. The molecule has 1 atom stereocenters. The summed E-state index contributed by atoms with van der Waals surface area (Å²) in [6, 6.07) is 12.3. The molecule has 0 amide bonds. The first-order chi connectivity index (χ1) is 17.2. The van der Waals surface area contributed by atoms with Gasteiger partial charge in [0.15, 0.2) is 4.80 Å². The van der Waals surface area contributed by atoms with Gasteiger partial charge in [-0.2, -0.15) is 0 Å². The van der Waals surface area contributed by atoms with Gasteiger partial charge in [0, 0.05) is 10.0 Å². The number of allylic oxidation sites excluding steroid dienone is 1. The van der Waals surface area contributed by atoms with E-state index in [0.29, 0.717) is 38.7 Å². The lowest BCUT2D eigenvalue weighted by atomic mass is 9.96. The summed E-state index contributed by atoms with van der Waals surface area (Å²) in [5.41, 5.74) is 2.13. The molecule has 0 saturated carbocycles. The Morgan fingerprint density at radius 2 is 1.94 bits per heavy atom. The molecule has 36 heavy (non-hydrogen) atoms. The number of esters is 1. The van der Waals surface area contributed by atoms with Crippen LogP contribution in [-0.2, 0) is 9.53 Å². The van der Waals surface area contributed by atoms with Crippen LogP contribution in [0.4, 0.5) is 0 Å². The third-order valence-electron chi connectivity index (χ3n) is 5.57. The number of ether oxygens (including phenoxy) is 3. The quantitative estimate of drug-likeness (QED) is 0.394. The van der Waals surface area contributed by atoms with Gasteiger partial charge in [0.25, 0.3) is 5.56 Å². The second-order valence-electron chi connectivity index (χ2n) is 8.42. The van der Waals surface area contributed by atoms with Crippen LogP contribution in [0.5, 0.6) is 11.5 Å². The lowest BCUT2D eigenvalue weighted by Crippen LogP contribution is -2.40. The second kappa shape index (κ2) is 10.8. The fourth-order valence-electron chi connectivity index (χ4n) is 4.05. The predicted octanol–water partition coefficient (Wildman–Crippen LogP) is 4.36. The molecule has 0 saturated heterocycles. The Balaban J connectivity index is 1.93. The smallest absolute Gasteiger partial charge is 0.338 e. The Labute approximate surface area is 221 Å². The minimum Gasteiger partial charge on any atom is -0.496 e. The van der Waals surface area contributed by atoms with Crippen LogP contribution in [0.2, 0.25) is 0 Å². The topological polar surface area (TPSA) is 79.1 Å². The summed E-state index contributed by atoms with van der Waals surface area (Å²) in [4.78, 5) is 32.1. The largest absolute Gasteiger partial charge is 0.496 e. The number of carbonyl (C=O) groups excluding carboxylic acids is 1. The highest BCUT2D eigenvalue weighted by Crippen LogP contribution is 2.32. The Kier molecular flexibility index (Phi) is 7.80. The van der Waals surface area contributed by atoms with Gasteiger partial charge in [-0.05, 0) is 69.7 Å². The highest BCUT2D eigenvalue weighted by Gasteiger charge is 2.33. The van der Waals surface area contributed by atoms with Crippen molar-refractivity contribution in [3.63, 3.8) is 0 Å². The average molecular weight is 571 g/mol. The van der Waals surface area contributed by atoms with Crippen LogP contribution in [0.25, 0.3) is 6.08 Å². The molecule has 0 fully saturated rings. The third kappa shape index (κ3) is 5.17. The molecule has 1 aliphatic heterocycles. The molecular weight excluding hydrogens is 544 g/mol. The van der Waals surface area contributed by atoms with Gasteiger partial charge in [0.2, 0.25) is 0 Å². The first-order valence-electron chi connectivity index (χ1n) is 11.5. The number of nitrogens with zero attached hydrogens (tertiary/aromatic N) is 2. The van der Waals surface area contributed by atoms with E-state index in [1.54, 1.807) is 38.5 Å². The molecule has 0 N–H and O–H groups in total. The van der Waals surface area contributed by atoms with Crippen molar-refractivity contribution < 1.29 is 19.0 Å². The number of hydrogen-bond acceptors (Lipinski definition) is 7. The molecule has 0 spiro atoms. The first kappa shape index (κ1) is 25.9. The minimum absolute atomic E-state index is 0.248. The Morgan fingerprint density at radius 1 is 1.22 bits per heavy atom. The number of hydrogen-bond donors (Lipinski definition) is 0. The van der Waals surface area contributed by atoms with E-state index in [0.717, 1.165) is 15.6 Å². The molecule has 3 aromatic rings. The third-order valence-corrected chi connectivity index (χ3v) is 7.05. The Hall–Kier alpha value is -3.17. The molecule has 4 rings (SSSR count). The van der Waals surface area contributed by atoms with Gasteiger partial charge in [-0.3, -0.25) is 9.36 Å². The van der Waals surface area contributed by atoms with E-state index in [2.05, 4.69) is 20.9 Å². The zero-order valence-corrected chi connectivity index (χ0v) is 23.1. The van der Waals surface area contributed by atoms with Crippen molar-refractivity contribution in [2.75, 3.05) is 13.7 Å². The molecule has 0 radical (unpaired) electrons. The Bertz CT molecular complexity index is 1500. The van der Waals surface area contributed by atoms with Crippen molar-refractivity contribution in [1.82, 2.24) is 4.57 Å². The van der Waals surface area contributed by atoms with Crippen LogP contribution in [0.3, 0.4) is 0 Å². The maximum Gasteiger partial charge on any atom is 0.338 e. The highest BCUT2D eigenvalue weighted by molar-refractivity contribution is 9.10. The van der Waals surface area contributed by atoms with Crippen molar-refractivity contribution in [2.45, 2.75) is 39.8 Å². The normalized spacial score (nSPS) is 15.5.